The normalized spacial score (nSPS) is 13.3. The van der Waals surface area contributed by atoms with Crippen molar-refractivity contribution in [1.29, 1.82) is 0 Å². The SMILES string of the molecule is CC(CCCC(C)(C)O)n1ccnc1-c1cccc2cnccc12. The molecular weight excluding hydrogens is 298 g/mol. The minimum atomic E-state index is -0.597. The van der Waals surface area contributed by atoms with Crippen molar-refractivity contribution in [2.45, 2.75) is 51.7 Å². The van der Waals surface area contributed by atoms with E-state index < -0.39 is 5.60 Å². The van der Waals surface area contributed by atoms with E-state index in [9.17, 15) is 5.11 Å². The molecule has 1 unspecified atom stereocenters. The van der Waals surface area contributed by atoms with E-state index in [0.29, 0.717) is 6.04 Å². The molecule has 3 rings (SSSR count). The van der Waals surface area contributed by atoms with E-state index in [2.05, 4.69) is 39.7 Å². The van der Waals surface area contributed by atoms with Crippen LogP contribution in [0.4, 0.5) is 0 Å². The van der Waals surface area contributed by atoms with Gasteiger partial charge >= 0.3 is 0 Å². The number of aliphatic hydroxyl groups is 1. The lowest BCUT2D eigenvalue weighted by molar-refractivity contribution is 0.0672. The van der Waals surface area contributed by atoms with Gasteiger partial charge in [0, 0.05) is 41.8 Å². The summed E-state index contributed by atoms with van der Waals surface area (Å²) in [7, 11) is 0. The molecule has 0 aliphatic heterocycles. The first-order valence-corrected chi connectivity index (χ1v) is 8.54. The van der Waals surface area contributed by atoms with Gasteiger partial charge in [-0.3, -0.25) is 4.98 Å². The molecule has 0 radical (unpaired) electrons. The third-order valence-corrected chi connectivity index (χ3v) is 4.48. The molecule has 0 fully saturated rings. The van der Waals surface area contributed by atoms with Crippen molar-refractivity contribution < 1.29 is 5.11 Å². The lowest BCUT2D eigenvalue weighted by Crippen LogP contribution is -2.18. The molecule has 2 heterocycles. The molecule has 1 N–H and O–H groups in total. The van der Waals surface area contributed by atoms with Gasteiger partial charge in [-0.1, -0.05) is 18.2 Å². The molecular formula is C20H25N3O. The minimum absolute atomic E-state index is 0.335. The maximum Gasteiger partial charge on any atom is 0.140 e. The Hall–Kier alpha value is -2.20. The highest BCUT2D eigenvalue weighted by molar-refractivity contribution is 5.94. The van der Waals surface area contributed by atoms with E-state index in [1.54, 1.807) is 0 Å². The first kappa shape index (κ1) is 16.7. The van der Waals surface area contributed by atoms with Crippen LogP contribution in [0.3, 0.4) is 0 Å². The summed E-state index contributed by atoms with van der Waals surface area (Å²) in [4.78, 5) is 8.81. The van der Waals surface area contributed by atoms with Gasteiger partial charge in [0.25, 0.3) is 0 Å². The van der Waals surface area contributed by atoms with Gasteiger partial charge in [-0.25, -0.2) is 4.98 Å². The largest absolute Gasteiger partial charge is 0.390 e. The van der Waals surface area contributed by atoms with Crippen LogP contribution >= 0.6 is 0 Å². The molecule has 24 heavy (non-hydrogen) atoms. The summed E-state index contributed by atoms with van der Waals surface area (Å²) >= 11 is 0. The zero-order chi connectivity index (χ0) is 17.2. The Kier molecular flexibility index (Phi) is 4.67. The van der Waals surface area contributed by atoms with Crippen LogP contribution in [0.1, 0.15) is 46.1 Å². The second-order valence-electron chi connectivity index (χ2n) is 7.11. The fourth-order valence-corrected chi connectivity index (χ4v) is 3.16. The average molecular weight is 323 g/mol. The first-order valence-electron chi connectivity index (χ1n) is 8.54. The standard InChI is InChI=1S/C20H25N3O/c1-15(6-5-10-20(2,3)24)23-13-12-22-19(23)18-8-4-7-16-14-21-11-9-17(16)18/h4,7-9,11-15,24H,5-6,10H2,1-3H3. The Labute approximate surface area is 143 Å². The highest BCUT2D eigenvalue weighted by Crippen LogP contribution is 2.30. The van der Waals surface area contributed by atoms with Crippen molar-refractivity contribution in [3.63, 3.8) is 0 Å². The quantitative estimate of drug-likeness (QED) is 0.721. The smallest absolute Gasteiger partial charge is 0.140 e. The Morgan fingerprint density at radius 2 is 2.04 bits per heavy atom. The topological polar surface area (TPSA) is 50.9 Å². The summed E-state index contributed by atoms with van der Waals surface area (Å²) < 4.78 is 2.24. The predicted molar refractivity (Wildman–Crippen MR) is 97.8 cm³/mol. The molecule has 0 saturated heterocycles. The maximum absolute atomic E-state index is 9.89. The predicted octanol–water partition coefficient (Wildman–Crippen LogP) is 4.60. The van der Waals surface area contributed by atoms with Gasteiger partial charge in [0.2, 0.25) is 0 Å². The van der Waals surface area contributed by atoms with Crippen molar-refractivity contribution >= 4 is 10.8 Å². The molecule has 0 spiro atoms. The van der Waals surface area contributed by atoms with Gasteiger partial charge < -0.3 is 9.67 Å². The fraction of sp³-hybridized carbons (Fsp3) is 0.400. The molecule has 3 aromatic rings. The number of fused-ring (bicyclic) bond motifs is 1. The second kappa shape index (κ2) is 6.73. The van der Waals surface area contributed by atoms with Crippen molar-refractivity contribution in [3.05, 3.63) is 49.1 Å². The Bertz CT molecular complexity index is 812. The maximum atomic E-state index is 9.89. The average Bonchev–Trinajstić information content (AvgIpc) is 3.02. The monoisotopic (exact) mass is 323 g/mol. The van der Waals surface area contributed by atoms with Crippen LogP contribution in [-0.2, 0) is 0 Å². The summed E-state index contributed by atoms with van der Waals surface area (Å²) in [5.74, 6) is 0.988. The van der Waals surface area contributed by atoms with E-state index in [4.69, 9.17) is 0 Å². The molecule has 0 amide bonds. The van der Waals surface area contributed by atoms with Crippen LogP contribution in [-0.4, -0.2) is 25.2 Å². The number of rotatable bonds is 6. The summed E-state index contributed by atoms with van der Waals surface area (Å²) in [6.45, 7) is 5.94. The van der Waals surface area contributed by atoms with Gasteiger partial charge in [-0.2, -0.15) is 0 Å². The van der Waals surface area contributed by atoms with Gasteiger partial charge in [0.05, 0.1) is 5.60 Å². The van der Waals surface area contributed by atoms with Gasteiger partial charge in [-0.15, -0.1) is 0 Å². The molecule has 0 aliphatic carbocycles. The molecule has 1 atom stereocenters. The molecule has 0 aliphatic rings. The van der Waals surface area contributed by atoms with E-state index in [0.717, 1.165) is 36.0 Å². The number of nitrogens with zero attached hydrogens (tertiary/aromatic N) is 3. The first-order chi connectivity index (χ1) is 11.5. The number of benzene rings is 1. The van der Waals surface area contributed by atoms with Crippen molar-refractivity contribution in [3.8, 4) is 11.4 Å². The molecule has 0 saturated carbocycles. The van der Waals surface area contributed by atoms with E-state index in [1.807, 2.05) is 44.7 Å². The minimum Gasteiger partial charge on any atom is -0.390 e. The van der Waals surface area contributed by atoms with Crippen LogP contribution in [0.5, 0.6) is 0 Å². The highest BCUT2D eigenvalue weighted by Gasteiger charge is 2.16. The van der Waals surface area contributed by atoms with E-state index >= 15 is 0 Å². The number of hydrogen-bond acceptors (Lipinski definition) is 3. The number of pyridine rings is 1. The number of aromatic nitrogens is 3. The zero-order valence-electron chi connectivity index (χ0n) is 14.6. The van der Waals surface area contributed by atoms with Crippen molar-refractivity contribution in [2.24, 2.45) is 0 Å². The van der Waals surface area contributed by atoms with Crippen molar-refractivity contribution in [2.75, 3.05) is 0 Å². The molecule has 126 valence electrons. The second-order valence-corrected chi connectivity index (χ2v) is 7.11. The molecule has 2 aromatic heterocycles. The van der Waals surface area contributed by atoms with E-state index in [-0.39, 0.29) is 0 Å². The Morgan fingerprint density at radius 3 is 2.83 bits per heavy atom. The van der Waals surface area contributed by atoms with Crippen LogP contribution in [0.15, 0.2) is 49.1 Å². The van der Waals surface area contributed by atoms with Gasteiger partial charge in [0.15, 0.2) is 0 Å². The lowest BCUT2D eigenvalue weighted by Gasteiger charge is -2.20. The van der Waals surface area contributed by atoms with Crippen LogP contribution in [0.25, 0.3) is 22.2 Å². The molecule has 4 nitrogen and oxygen atoms in total. The lowest BCUT2D eigenvalue weighted by atomic mass is 9.99. The highest BCUT2D eigenvalue weighted by atomic mass is 16.3. The Morgan fingerprint density at radius 1 is 1.21 bits per heavy atom. The molecule has 0 bridgehead atoms. The fourth-order valence-electron chi connectivity index (χ4n) is 3.16. The molecule has 1 aromatic carbocycles. The third kappa shape index (κ3) is 3.65. The summed E-state index contributed by atoms with van der Waals surface area (Å²) in [6, 6.07) is 8.62. The summed E-state index contributed by atoms with van der Waals surface area (Å²) in [6.07, 6.45) is 10.4. The number of hydrogen-bond donors (Lipinski definition) is 1. The van der Waals surface area contributed by atoms with E-state index in [1.165, 1.54) is 5.39 Å². The number of imidazole rings is 1. The van der Waals surface area contributed by atoms with Crippen molar-refractivity contribution in [1.82, 2.24) is 14.5 Å². The molecule has 4 heteroatoms. The van der Waals surface area contributed by atoms with Crippen LogP contribution < -0.4 is 0 Å². The van der Waals surface area contributed by atoms with Gasteiger partial charge in [-0.05, 0) is 51.5 Å². The van der Waals surface area contributed by atoms with Gasteiger partial charge in [0.1, 0.15) is 5.82 Å². The summed E-state index contributed by atoms with van der Waals surface area (Å²) in [5.41, 5.74) is 0.536. The zero-order valence-corrected chi connectivity index (χ0v) is 14.6. The van der Waals surface area contributed by atoms with Crippen LogP contribution in [0, 0.1) is 0 Å². The third-order valence-electron chi connectivity index (χ3n) is 4.48. The Balaban J connectivity index is 1.87. The van der Waals surface area contributed by atoms with Crippen LogP contribution in [0.2, 0.25) is 0 Å². The summed E-state index contributed by atoms with van der Waals surface area (Å²) in [5, 5.41) is 12.2.